The van der Waals surface area contributed by atoms with Gasteiger partial charge in [-0.1, -0.05) is 0 Å². The van der Waals surface area contributed by atoms with Crippen molar-refractivity contribution in [1.82, 2.24) is 30.5 Å². The molecule has 5 rings (SSSR count). The summed E-state index contributed by atoms with van der Waals surface area (Å²) in [6.45, 7) is 3.72. The predicted molar refractivity (Wildman–Crippen MR) is 132 cm³/mol. The molecule has 1 atom stereocenters. The minimum Gasteiger partial charge on any atom is -0.458 e. The van der Waals surface area contributed by atoms with Crippen molar-refractivity contribution in [1.29, 1.82) is 5.26 Å². The minimum absolute atomic E-state index is 0.120. The van der Waals surface area contributed by atoms with Crippen LogP contribution in [0.25, 0.3) is 11.0 Å². The fraction of sp³-hybridized carbons (Fsp3) is 0.520. The first-order valence-corrected chi connectivity index (χ1v) is 12.3. The van der Waals surface area contributed by atoms with Crippen LogP contribution in [0.15, 0.2) is 24.4 Å². The van der Waals surface area contributed by atoms with Gasteiger partial charge in [0, 0.05) is 49.5 Å². The van der Waals surface area contributed by atoms with Crippen LogP contribution in [-0.2, 0) is 4.74 Å². The second kappa shape index (κ2) is 10.1. The third kappa shape index (κ3) is 4.81. The Kier molecular flexibility index (Phi) is 6.69. The maximum atomic E-state index is 13.1. The highest BCUT2D eigenvalue weighted by Crippen LogP contribution is 2.34. The highest BCUT2D eigenvalue weighted by atomic mass is 16.5. The number of methoxy groups -OCH3 is 1. The van der Waals surface area contributed by atoms with Gasteiger partial charge in [0.1, 0.15) is 23.2 Å². The molecule has 2 fully saturated rings. The molecule has 1 aliphatic carbocycles. The lowest BCUT2D eigenvalue weighted by atomic mass is 9.78. The number of amides is 1. The van der Waals surface area contributed by atoms with E-state index in [0.717, 1.165) is 49.1 Å². The number of carbonyl (C=O) groups excluding carboxylic acids is 1. The smallest absolute Gasteiger partial charge is 0.319 e. The maximum Gasteiger partial charge on any atom is 0.319 e. The number of hydrogen-bond acceptors (Lipinski definition) is 9. The zero-order valence-corrected chi connectivity index (χ0v) is 20.5. The fourth-order valence-electron chi connectivity index (χ4n) is 4.85. The van der Waals surface area contributed by atoms with E-state index < -0.39 is 11.4 Å². The molecule has 1 aliphatic heterocycles. The van der Waals surface area contributed by atoms with Crippen molar-refractivity contribution in [2.45, 2.75) is 56.6 Å². The van der Waals surface area contributed by atoms with Gasteiger partial charge >= 0.3 is 6.01 Å². The van der Waals surface area contributed by atoms with Crippen molar-refractivity contribution in [3.63, 3.8) is 0 Å². The second-order valence-corrected chi connectivity index (χ2v) is 9.55. The molecule has 36 heavy (non-hydrogen) atoms. The molecule has 2 N–H and O–H groups in total. The van der Waals surface area contributed by atoms with Crippen molar-refractivity contribution in [3.8, 4) is 12.1 Å². The van der Waals surface area contributed by atoms with Gasteiger partial charge in [-0.15, -0.1) is 0 Å². The average molecular weight is 491 g/mol. The standard InChI is InChI=1S/C25H30N8O3/c1-16(14-35-2)36-24-28-19(23(34)30-25(15-26)8-4-9-25)13-20(29-24)33-11-6-17(7-12-33)21-18-5-3-10-27-22(18)32-31-21/h3,5,10,13,16-17H,4,6-9,11-12,14H2,1-2H3,(H,30,34)(H,27,31,32)/t16-/m1/s1. The maximum absolute atomic E-state index is 13.1. The summed E-state index contributed by atoms with van der Waals surface area (Å²) in [6, 6.07) is 8.02. The Morgan fingerprint density at radius 3 is 2.86 bits per heavy atom. The number of hydrogen-bond donors (Lipinski definition) is 2. The first-order chi connectivity index (χ1) is 17.5. The van der Waals surface area contributed by atoms with Crippen LogP contribution in [0, 0.1) is 11.3 Å². The van der Waals surface area contributed by atoms with E-state index in [-0.39, 0.29) is 17.8 Å². The molecular weight excluding hydrogens is 460 g/mol. The van der Waals surface area contributed by atoms with E-state index in [2.05, 4.69) is 41.4 Å². The zero-order chi connectivity index (χ0) is 25.1. The number of aromatic nitrogens is 5. The number of ether oxygens (including phenoxy) is 2. The number of H-pyrrole nitrogens is 1. The molecule has 3 aromatic rings. The number of aromatic amines is 1. The van der Waals surface area contributed by atoms with Gasteiger partial charge in [-0.05, 0) is 51.2 Å². The summed E-state index contributed by atoms with van der Waals surface area (Å²) in [7, 11) is 1.60. The molecule has 11 nitrogen and oxygen atoms in total. The number of nitriles is 1. The number of piperidine rings is 1. The van der Waals surface area contributed by atoms with E-state index in [9.17, 15) is 10.1 Å². The Bertz CT molecular complexity index is 1270. The Morgan fingerprint density at radius 2 is 2.17 bits per heavy atom. The van der Waals surface area contributed by atoms with Gasteiger partial charge in [-0.2, -0.15) is 20.3 Å². The third-order valence-electron chi connectivity index (χ3n) is 6.99. The van der Waals surface area contributed by atoms with Crippen LogP contribution in [0.4, 0.5) is 5.82 Å². The molecular formula is C25H30N8O3. The first-order valence-electron chi connectivity index (χ1n) is 12.3. The Labute approximate surface area is 209 Å². The van der Waals surface area contributed by atoms with E-state index >= 15 is 0 Å². The third-order valence-corrected chi connectivity index (χ3v) is 6.99. The molecule has 0 spiro atoms. The van der Waals surface area contributed by atoms with Crippen LogP contribution in [-0.4, -0.2) is 69.5 Å². The summed E-state index contributed by atoms with van der Waals surface area (Å²) in [6.07, 6.45) is 5.46. The number of nitrogens with one attached hydrogen (secondary N) is 2. The number of carbonyl (C=O) groups is 1. The number of pyridine rings is 1. The van der Waals surface area contributed by atoms with E-state index in [1.54, 1.807) is 19.4 Å². The lowest BCUT2D eigenvalue weighted by molar-refractivity contribution is 0.0827. The molecule has 188 valence electrons. The van der Waals surface area contributed by atoms with Crippen LogP contribution in [0.2, 0.25) is 0 Å². The number of fused-ring (bicyclic) bond motifs is 1. The SMILES string of the molecule is COC[C@@H](C)Oc1nc(C(=O)NC2(C#N)CCC2)cc(N2CCC(c3[nH]nc4ncccc34)CC2)n1. The minimum atomic E-state index is -0.813. The summed E-state index contributed by atoms with van der Waals surface area (Å²) < 4.78 is 11.0. The van der Waals surface area contributed by atoms with Gasteiger partial charge in [-0.25, -0.2) is 4.98 Å². The molecule has 1 saturated carbocycles. The predicted octanol–water partition coefficient (Wildman–Crippen LogP) is 2.72. The summed E-state index contributed by atoms with van der Waals surface area (Å²) in [5, 5.41) is 21.0. The summed E-state index contributed by atoms with van der Waals surface area (Å²) in [4.78, 5) is 28.5. The Morgan fingerprint density at radius 1 is 1.36 bits per heavy atom. The molecule has 0 unspecified atom stereocenters. The van der Waals surface area contributed by atoms with Crippen LogP contribution in [0.5, 0.6) is 6.01 Å². The average Bonchev–Trinajstić information content (AvgIpc) is 3.30. The van der Waals surface area contributed by atoms with Crippen molar-refractivity contribution < 1.29 is 14.3 Å². The van der Waals surface area contributed by atoms with E-state index in [0.29, 0.717) is 31.2 Å². The zero-order valence-electron chi connectivity index (χ0n) is 20.5. The number of rotatable bonds is 8. The molecule has 3 aromatic heterocycles. The largest absolute Gasteiger partial charge is 0.458 e. The van der Waals surface area contributed by atoms with Gasteiger partial charge < -0.3 is 19.7 Å². The second-order valence-electron chi connectivity index (χ2n) is 9.55. The summed E-state index contributed by atoms with van der Waals surface area (Å²) in [5.41, 5.74) is 1.22. The van der Waals surface area contributed by atoms with Gasteiger partial charge in [-0.3, -0.25) is 9.89 Å². The van der Waals surface area contributed by atoms with E-state index in [1.165, 1.54) is 0 Å². The van der Waals surface area contributed by atoms with Crippen LogP contribution < -0.4 is 15.0 Å². The normalized spacial score (nSPS) is 18.3. The number of anilines is 1. The van der Waals surface area contributed by atoms with Crippen molar-refractivity contribution in [2.75, 3.05) is 31.7 Å². The molecule has 0 bridgehead atoms. The topological polar surface area (TPSA) is 142 Å². The monoisotopic (exact) mass is 490 g/mol. The molecule has 1 saturated heterocycles. The number of nitrogens with zero attached hydrogens (tertiary/aromatic N) is 6. The lowest BCUT2D eigenvalue weighted by Gasteiger charge is -2.36. The summed E-state index contributed by atoms with van der Waals surface area (Å²) >= 11 is 0. The van der Waals surface area contributed by atoms with Crippen molar-refractivity contribution >= 4 is 22.8 Å². The van der Waals surface area contributed by atoms with E-state index in [1.807, 2.05) is 19.1 Å². The Balaban J connectivity index is 1.35. The highest BCUT2D eigenvalue weighted by molar-refractivity contribution is 5.94. The van der Waals surface area contributed by atoms with Crippen LogP contribution in [0.1, 0.15) is 61.1 Å². The van der Waals surface area contributed by atoms with Gasteiger partial charge in [0.2, 0.25) is 0 Å². The van der Waals surface area contributed by atoms with Gasteiger partial charge in [0.05, 0.1) is 12.7 Å². The van der Waals surface area contributed by atoms with Crippen molar-refractivity contribution in [2.24, 2.45) is 0 Å². The molecule has 4 heterocycles. The van der Waals surface area contributed by atoms with Gasteiger partial charge in [0.25, 0.3) is 5.91 Å². The van der Waals surface area contributed by atoms with Crippen LogP contribution >= 0.6 is 0 Å². The van der Waals surface area contributed by atoms with Crippen LogP contribution in [0.3, 0.4) is 0 Å². The van der Waals surface area contributed by atoms with E-state index in [4.69, 9.17) is 9.47 Å². The quantitative estimate of drug-likeness (QED) is 0.487. The molecule has 0 radical (unpaired) electrons. The molecule has 1 amide bonds. The first kappa shape index (κ1) is 23.9. The Hall–Kier alpha value is -3.78. The summed E-state index contributed by atoms with van der Waals surface area (Å²) in [5.74, 6) is 0.561. The highest BCUT2D eigenvalue weighted by Gasteiger charge is 2.39. The molecule has 2 aliphatic rings. The lowest BCUT2D eigenvalue weighted by Crippen LogP contribution is -2.52. The molecule has 0 aromatic carbocycles. The van der Waals surface area contributed by atoms with Crippen molar-refractivity contribution in [3.05, 3.63) is 35.8 Å². The molecule has 11 heteroatoms. The fourth-order valence-corrected chi connectivity index (χ4v) is 4.85. The van der Waals surface area contributed by atoms with Gasteiger partial charge in [0.15, 0.2) is 5.65 Å².